The monoisotopic (exact) mass is 1760 g/mol. The van der Waals surface area contributed by atoms with Crippen LogP contribution in [0.2, 0.25) is 0 Å². The summed E-state index contributed by atoms with van der Waals surface area (Å²) in [5, 5.41) is 0. The molecule has 16 aromatic rings. The zero-order chi connectivity index (χ0) is 73.6. The van der Waals surface area contributed by atoms with Crippen molar-refractivity contribution in [1.29, 1.82) is 0 Å². The third-order valence-electron chi connectivity index (χ3n) is 19.3. The molecule has 4 heterocycles. The van der Waals surface area contributed by atoms with E-state index < -0.39 is 0 Å². The molecule has 0 aliphatic carbocycles. The van der Waals surface area contributed by atoms with Crippen molar-refractivity contribution in [1.82, 2.24) is 29.1 Å². The van der Waals surface area contributed by atoms with E-state index in [9.17, 15) is 0 Å². The molecule has 12 aromatic carbocycles. The van der Waals surface area contributed by atoms with E-state index in [0.717, 1.165) is 67.4 Å². The van der Waals surface area contributed by atoms with E-state index >= 15 is 0 Å². The van der Waals surface area contributed by atoms with Crippen LogP contribution in [0.3, 0.4) is 0 Å². The van der Waals surface area contributed by atoms with Gasteiger partial charge in [-0.2, -0.15) is 0 Å². The molecule has 542 valence electrons. The SMILES string of the molecule is CC(C)c1ccc(-c2ccnc(-c3[c-]ccc(-c4ccccc4)c3)c2)cc1.CC(C)c1cccc(C(C)C)c1-n1c(-c2[c-]cccc2)nc2ccccc21.CC(C)c1cccc(C(C)C)c1-n1c(-c2[c-]cccc2)nc2ccccc21.Cc1ccc(-c2ccnc(-c3[c-]cc(-c4ccccc4)cc3)c2)cc1.[Ir].[Ir]. The van der Waals surface area contributed by atoms with Gasteiger partial charge in [0, 0.05) is 64.0 Å². The maximum atomic E-state index is 4.99. The zero-order valence-electron chi connectivity index (χ0n) is 63.3. The maximum absolute atomic E-state index is 4.99. The van der Waals surface area contributed by atoms with Gasteiger partial charge in [0.2, 0.25) is 0 Å². The van der Waals surface area contributed by atoms with Gasteiger partial charge in [0.05, 0.1) is 33.7 Å². The first-order chi connectivity index (χ1) is 51.6. The van der Waals surface area contributed by atoms with Crippen LogP contribution in [0.1, 0.15) is 132 Å². The Kier molecular flexibility index (Phi) is 26.6. The molecule has 0 aliphatic rings. The van der Waals surface area contributed by atoms with E-state index in [0.29, 0.717) is 29.6 Å². The van der Waals surface area contributed by atoms with Crippen LogP contribution in [-0.4, -0.2) is 29.1 Å². The van der Waals surface area contributed by atoms with Crippen LogP contribution in [0.15, 0.2) is 316 Å². The van der Waals surface area contributed by atoms with Gasteiger partial charge in [0.25, 0.3) is 0 Å². The molecule has 6 nitrogen and oxygen atoms in total. The first-order valence-corrected chi connectivity index (χ1v) is 37.1. The Labute approximate surface area is 666 Å². The van der Waals surface area contributed by atoms with Crippen LogP contribution in [0, 0.1) is 31.2 Å². The summed E-state index contributed by atoms with van der Waals surface area (Å²) in [7, 11) is 0. The Balaban J connectivity index is 0.000000142. The van der Waals surface area contributed by atoms with Crippen molar-refractivity contribution >= 4 is 22.1 Å². The summed E-state index contributed by atoms with van der Waals surface area (Å²) < 4.78 is 4.68. The van der Waals surface area contributed by atoms with Gasteiger partial charge in [-0.05, 0) is 140 Å². The Morgan fingerprint density at radius 2 is 0.676 bits per heavy atom. The van der Waals surface area contributed by atoms with Crippen molar-refractivity contribution in [3.05, 3.63) is 373 Å². The van der Waals surface area contributed by atoms with E-state index in [1.807, 2.05) is 79.1 Å². The summed E-state index contributed by atoms with van der Waals surface area (Å²) in [4.78, 5) is 19.1. The van der Waals surface area contributed by atoms with Gasteiger partial charge < -0.3 is 19.1 Å². The fourth-order valence-electron chi connectivity index (χ4n) is 13.6. The molecule has 8 heteroatoms. The van der Waals surface area contributed by atoms with Crippen LogP contribution >= 0.6 is 0 Å². The number of hydrogen-bond donors (Lipinski definition) is 0. The van der Waals surface area contributed by atoms with Gasteiger partial charge in [-0.15, -0.1) is 137 Å². The number of rotatable bonds is 15. The molecule has 4 aromatic heterocycles. The quantitative estimate of drug-likeness (QED) is 0.0960. The third kappa shape index (κ3) is 18.2. The van der Waals surface area contributed by atoms with E-state index in [-0.39, 0.29) is 40.2 Å². The largest absolute Gasteiger partial charge is 0.333 e. The minimum atomic E-state index is 0. The first kappa shape index (κ1) is 78.3. The second-order valence-electron chi connectivity index (χ2n) is 28.5. The van der Waals surface area contributed by atoms with Crippen molar-refractivity contribution < 1.29 is 40.2 Å². The fraction of sp³-hybridized carbons (Fsp3) is 0.160. The molecule has 108 heavy (non-hydrogen) atoms. The van der Waals surface area contributed by atoms with Crippen molar-refractivity contribution in [2.45, 2.75) is 106 Å². The van der Waals surface area contributed by atoms with Crippen LogP contribution in [-0.2, 0) is 40.2 Å². The molecule has 2 radical (unpaired) electrons. The number of hydrogen-bond acceptors (Lipinski definition) is 4. The molecule has 0 fully saturated rings. The summed E-state index contributed by atoms with van der Waals surface area (Å²) in [5.74, 6) is 4.14. The maximum Gasteiger partial charge on any atom is 0.0774 e. The Morgan fingerprint density at radius 1 is 0.287 bits per heavy atom. The molecular formula is C100H90Ir2N6-4. The number of para-hydroxylation sites is 6. The zero-order valence-corrected chi connectivity index (χ0v) is 68.0. The molecule has 0 bridgehead atoms. The van der Waals surface area contributed by atoms with Crippen molar-refractivity contribution in [2.24, 2.45) is 0 Å². The van der Waals surface area contributed by atoms with Crippen molar-refractivity contribution in [2.75, 3.05) is 0 Å². The van der Waals surface area contributed by atoms with Crippen LogP contribution < -0.4 is 0 Å². The number of benzene rings is 12. The Bertz CT molecular complexity index is 5320. The average Bonchev–Trinajstić information content (AvgIpc) is 1.60. The van der Waals surface area contributed by atoms with E-state index in [4.69, 9.17) is 9.97 Å². The molecule has 0 unspecified atom stereocenters. The van der Waals surface area contributed by atoms with E-state index in [2.05, 4.69) is 356 Å². The minimum Gasteiger partial charge on any atom is -0.333 e. The summed E-state index contributed by atoms with van der Waals surface area (Å²) in [6.07, 6.45) is 3.74. The fourth-order valence-corrected chi connectivity index (χ4v) is 13.6. The summed E-state index contributed by atoms with van der Waals surface area (Å²) in [5.41, 5.74) is 30.3. The van der Waals surface area contributed by atoms with Crippen molar-refractivity contribution in [3.63, 3.8) is 0 Å². The number of pyridine rings is 2. The van der Waals surface area contributed by atoms with Crippen LogP contribution in [0.5, 0.6) is 0 Å². The molecule has 0 saturated heterocycles. The average molecular weight is 1760 g/mol. The first-order valence-electron chi connectivity index (χ1n) is 37.1. The smallest absolute Gasteiger partial charge is 0.0774 e. The number of fused-ring (bicyclic) bond motifs is 2. The molecule has 16 rings (SSSR count). The van der Waals surface area contributed by atoms with E-state index in [1.54, 1.807) is 0 Å². The molecule has 0 amide bonds. The summed E-state index contributed by atoms with van der Waals surface area (Å²) in [6, 6.07) is 119. The van der Waals surface area contributed by atoms with E-state index in [1.165, 1.54) is 89.3 Å². The Morgan fingerprint density at radius 3 is 1.10 bits per heavy atom. The minimum absolute atomic E-state index is 0. The Hall–Kier alpha value is -10.8. The molecular weight excluding hydrogens is 1670 g/mol. The topological polar surface area (TPSA) is 61.4 Å². The molecule has 0 saturated carbocycles. The molecule has 0 N–H and O–H groups in total. The molecule has 0 spiro atoms. The van der Waals surface area contributed by atoms with Gasteiger partial charge in [-0.1, -0.05) is 268 Å². The summed E-state index contributed by atoms with van der Waals surface area (Å²) in [6.45, 7) is 24.6. The van der Waals surface area contributed by atoms with Gasteiger partial charge in [0.1, 0.15) is 0 Å². The van der Waals surface area contributed by atoms with Crippen LogP contribution in [0.25, 0.3) is 123 Å². The standard InChI is InChI=1S/C26H22N.2C25H25N2.C24H18N.2Ir/c1-19(2)20-11-13-22(14-12-20)24-15-16-27-26(18-24)25-10-6-9-23(17-25)21-7-4-3-5-8-21;2*1-17(2)20-13-10-14-21(18(3)4)24(20)27-23-16-9-8-15-22(23)26-25(27)19-11-6-5-7-12-19;1-18-7-9-21(10-8-18)23-15-16-25-24(17-23)22-13-11-20(12-14-22)19-5-3-2-4-6-19;;/h3-9,11-19H,1-2H3;2*5-11,13-18H,1-4H3;2-13,15-17H,1H3;;/q4*-1;;. The van der Waals surface area contributed by atoms with Crippen LogP contribution in [0.4, 0.5) is 0 Å². The van der Waals surface area contributed by atoms with Gasteiger partial charge in [-0.3, -0.25) is 9.97 Å². The van der Waals surface area contributed by atoms with Gasteiger partial charge in [-0.25, -0.2) is 0 Å². The number of imidazole rings is 2. The third-order valence-corrected chi connectivity index (χ3v) is 19.3. The molecule has 0 aliphatic heterocycles. The summed E-state index contributed by atoms with van der Waals surface area (Å²) >= 11 is 0. The molecule has 0 atom stereocenters. The second kappa shape index (κ2) is 36.7. The van der Waals surface area contributed by atoms with Crippen molar-refractivity contribution in [3.8, 4) is 101 Å². The number of aromatic nitrogens is 6. The normalized spacial score (nSPS) is 11.0. The number of aryl methyl sites for hydroxylation is 1. The van der Waals surface area contributed by atoms with Gasteiger partial charge >= 0.3 is 0 Å². The number of nitrogens with zero attached hydrogens (tertiary/aromatic N) is 6. The predicted molar refractivity (Wildman–Crippen MR) is 445 cm³/mol. The van der Waals surface area contributed by atoms with Gasteiger partial charge in [0.15, 0.2) is 0 Å². The second-order valence-corrected chi connectivity index (χ2v) is 28.5. The predicted octanol–water partition coefficient (Wildman–Crippen LogP) is 26.7.